The largest absolute Gasteiger partial charge is 0.350 e. The van der Waals surface area contributed by atoms with Crippen molar-refractivity contribution in [2.75, 3.05) is 13.1 Å². The van der Waals surface area contributed by atoms with Gasteiger partial charge >= 0.3 is 0 Å². The van der Waals surface area contributed by atoms with Crippen molar-refractivity contribution in [1.82, 2.24) is 10.6 Å². The first-order chi connectivity index (χ1) is 13.5. The Morgan fingerprint density at radius 3 is 1.79 bits per heavy atom. The Morgan fingerprint density at radius 1 is 0.643 bits per heavy atom. The normalized spacial score (nSPS) is 10.4. The molecule has 0 bridgehead atoms. The van der Waals surface area contributed by atoms with Crippen molar-refractivity contribution >= 4 is 11.8 Å². The molecule has 0 aliphatic heterocycles. The molecule has 0 fully saturated rings. The molecule has 0 atom stereocenters. The SMILES string of the molecule is Cc1ccc(C(=O)NCCNC(=O)c2ccc(-c3ccccc3)cc2)cc1C. The summed E-state index contributed by atoms with van der Waals surface area (Å²) in [5.74, 6) is -0.287. The van der Waals surface area contributed by atoms with Crippen LogP contribution in [0.1, 0.15) is 31.8 Å². The zero-order chi connectivity index (χ0) is 19.9. The van der Waals surface area contributed by atoms with E-state index in [-0.39, 0.29) is 11.8 Å². The summed E-state index contributed by atoms with van der Waals surface area (Å²) in [6.45, 7) is 4.74. The van der Waals surface area contributed by atoms with Gasteiger partial charge in [0.1, 0.15) is 0 Å². The summed E-state index contributed by atoms with van der Waals surface area (Å²) < 4.78 is 0. The molecule has 4 heteroatoms. The fourth-order valence-electron chi connectivity index (χ4n) is 2.88. The van der Waals surface area contributed by atoms with Crippen molar-refractivity contribution in [3.63, 3.8) is 0 Å². The number of hydrogen-bond donors (Lipinski definition) is 2. The van der Waals surface area contributed by atoms with Crippen LogP contribution < -0.4 is 10.6 Å². The van der Waals surface area contributed by atoms with E-state index in [1.807, 2.05) is 86.6 Å². The fourth-order valence-corrected chi connectivity index (χ4v) is 2.88. The third-order valence-corrected chi connectivity index (χ3v) is 4.72. The molecule has 0 radical (unpaired) electrons. The minimum Gasteiger partial charge on any atom is -0.350 e. The van der Waals surface area contributed by atoms with Crippen LogP contribution in [0.25, 0.3) is 11.1 Å². The number of carbonyl (C=O) groups excluding carboxylic acids is 2. The Morgan fingerprint density at radius 2 is 1.18 bits per heavy atom. The first-order valence-corrected chi connectivity index (χ1v) is 9.34. The molecule has 3 aromatic carbocycles. The molecule has 0 aliphatic rings. The lowest BCUT2D eigenvalue weighted by atomic mass is 10.0. The maximum atomic E-state index is 12.3. The molecule has 4 nitrogen and oxygen atoms in total. The van der Waals surface area contributed by atoms with E-state index in [9.17, 15) is 9.59 Å². The monoisotopic (exact) mass is 372 g/mol. The summed E-state index contributed by atoms with van der Waals surface area (Å²) in [7, 11) is 0. The molecular formula is C24H24N2O2. The first-order valence-electron chi connectivity index (χ1n) is 9.34. The van der Waals surface area contributed by atoms with Gasteiger partial charge in [-0.15, -0.1) is 0 Å². The number of rotatable bonds is 6. The van der Waals surface area contributed by atoms with Gasteiger partial charge in [0.15, 0.2) is 0 Å². The number of amides is 2. The number of hydrogen-bond acceptors (Lipinski definition) is 2. The van der Waals surface area contributed by atoms with Crippen LogP contribution in [0.3, 0.4) is 0 Å². The van der Waals surface area contributed by atoms with Crippen LogP contribution in [-0.4, -0.2) is 24.9 Å². The molecule has 0 saturated carbocycles. The average Bonchev–Trinajstić information content (AvgIpc) is 2.73. The highest BCUT2D eigenvalue weighted by Gasteiger charge is 2.08. The molecule has 0 aromatic heterocycles. The second-order valence-corrected chi connectivity index (χ2v) is 6.75. The van der Waals surface area contributed by atoms with E-state index in [2.05, 4.69) is 10.6 Å². The van der Waals surface area contributed by atoms with Crippen LogP contribution >= 0.6 is 0 Å². The van der Waals surface area contributed by atoms with Crippen LogP contribution in [0.15, 0.2) is 72.8 Å². The van der Waals surface area contributed by atoms with E-state index < -0.39 is 0 Å². The maximum Gasteiger partial charge on any atom is 0.251 e. The highest BCUT2D eigenvalue weighted by molar-refractivity contribution is 5.95. The molecule has 142 valence electrons. The number of aryl methyl sites for hydroxylation is 2. The predicted octanol–water partition coefficient (Wildman–Crippen LogP) is 4.13. The van der Waals surface area contributed by atoms with Crippen molar-refractivity contribution in [2.24, 2.45) is 0 Å². The number of nitrogens with one attached hydrogen (secondary N) is 2. The van der Waals surface area contributed by atoms with E-state index in [1.54, 1.807) is 0 Å². The van der Waals surface area contributed by atoms with Gasteiger partial charge in [0.25, 0.3) is 11.8 Å². The molecule has 0 spiro atoms. The Labute approximate surface area is 165 Å². The van der Waals surface area contributed by atoms with Crippen LogP contribution in [0.5, 0.6) is 0 Å². The second-order valence-electron chi connectivity index (χ2n) is 6.75. The van der Waals surface area contributed by atoms with Gasteiger partial charge in [-0.3, -0.25) is 9.59 Å². The van der Waals surface area contributed by atoms with Gasteiger partial charge < -0.3 is 10.6 Å². The summed E-state index contributed by atoms with van der Waals surface area (Å²) >= 11 is 0. The molecule has 3 rings (SSSR count). The second kappa shape index (κ2) is 9.00. The maximum absolute atomic E-state index is 12.3. The van der Waals surface area contributed by atoms with Crippen molar-refractivity contribution in [1.29, 1.82) is 0 Å². The van der Waals surface area contributed by atoms with E-state index in [0.29, 0.717) is 24.2 Å². The quantitative estimate of drug-likeness (QED) is 0.639. The van der Waals surface area contributed by atoms with E-state index in [4.69, 9.17) is 0 Å². The summed E-state index contributed by atoms with van der Waals surface area (Å²) in [6.07, 6.45) is 0. The van der Waals surface area contributed by atoms with Gasteiger partial charge in [0.05, 0.1) is 0 Å². The van der Waals surface area contributed by atoms with E-state index in [1.165, 1.54) is 0 Å². The fraction of sp³-hybridized carbons (Fsp3) is 0.167. The van der Waals surface area contributed by atoms with Crippen molar-refractivity contribution < 1.29 is 9.59 Å². The van der Waals surface area contributed by atoms with Crippen molar-refractivity contribution in [3.05, 3.63) is 95.1 Å². The van der Waals surface area contributed by atoms with Gasteiger partial charge in [-0.2, -0.15) is 0 Å². The van der Waals surface area contributed by atoms with Crippen LogP contribution in [0.2, 0.25) is 0 Å². The molecule has 2 N–H and O–H groups in total. The van der Waals surface area contributed by atoms with E-state index >= 15 is 0 Å². The van der Waals surface area contributed by atoms with Crippen molar-refractivity contribution in [2.45, 2.75) is 13.8 Å². The lowest BCUT2D eigenvalue weighted by molar-refractivity contribution is 0.0927. The Bertz CT molecular complexity index is 964. The third-order valence-electron chi connectivity index (χ3n) is 4.72. The topological polar surface area (TPSA) is 58.2 Å². The van der Waals surface area contributed by atoms with Gasteiger partial charge in [0.2, 0.25) is 0 Å². The Balaban J connectivity index is 1.47. The van der Waals surface area contributed by atoms with Gasteiger partial charge in [-0.25, -0.2) is 0 Å². The number of benzene rings is 3. The molecular weight excluding hydrogens is 348 g/mol. The van der Waals surface area contributed by atoms with Crippen LogP contribution in [0, 0.1) is 13.8 Å². The third kappa shape index (κ3) is 4.86. The Kier molecular flexibility index (Phi) is 6.22. The van der Waals surface area contributed by atoms with E-state index in [0.717, 1.165) is 22.3 Å². The number of carbonyl (C=O) groups is 2. The highest BCUT2D eigenvalue weighted by Crippen LogP contribution is 2.19. The van der Waals surface area contributed by atoms with Crippen LogP contribution in [-0.2, 0) is 0 Å². The van der Waals surface area contributed by atoms with Gasteiger partial charge in [-0.05, 0) is 60.4 Å². The zero-order valence-corrected chi connectivity index (χ0v) is 16.2. The van der Waals surface area contributed by atoms with Gasteiger partial charge in [-0.1, -0.05) is 48.5 Å². The smallest absolute Gasteiger partial charge is 0.251 e. The summed E-state index contributed by atoms with van der Waals surface area (Å²) in [4.78, 5) is 24.4. The molecule has 2 amide bonds. The predicted molar refractivity (Wildman–Crippen MR) is 112 cm³/mol. The minimum atomic E-state index is -0.153. The average molecular weight is 372 g/mol. The molecule has 28 heavy (non-hydrogen) atoms. The molecule has 0 aliphatic carbocycles. The molecule has 0 heterocycles. The zero-order valence-electron chi connectivity index (χ0n) is 16.2. The lowest BCUT2D eigenvalue weighted by Crippen LogP contribution is -2.34. The molecule has 0 unspecified atom stereocenters. The first kappa shape index (κ1) is 19.4. The van der Waals surface area contributed by atoms with Crippen molar-refractivity contribution in [3.8, 4) is 11.1 Å². The summed E-state index contributed by atoms with van der Waals surface area (Å²) in [6, 6.07) is 23.1. The standard InChI is InChI=1S/C24H24N2O2/c1-17-8-9-22(16-18(17)2)24(28)26-15-14-25-23(27)21-12-10-20(11-13-21)19-6-4-3-5-7-19/h3-13,16H,14-15H2,1-2H3,(H,25,27)(H,26,28). The van der Waals surface area contributed by atoms with Crippen LogP contribution in [0.4, 0.5) is 0 Å². The highest BCUT2D eigenvalue weighted by atomic mass is 16.2. The lowest BCUT2D eigenvalue weighted by Gasteiger charge is -2.09. The summed E-state index contributed by atoms with van der Waals surface area (Å²) in [5, 5.41) is 5.66. The van der Waals surface area contributed by atoms with Gasteiger partial charge in [0, 0.05) is 24.2 Å². The minimum absolute atomic E-state index is 0.135. The summed E-state index contributed by atoms with van der Waals surface area (Å²) in [5.41, 5.74) is 5.65. The Hall–Kier alpha value is -3.40. The molecule has 0 saturated heterocycles. The molecule has 3 aromatic rings.